The van der Waals surface area contributed by atoms with Crippen LogP contribution in [0.3, 0.4) is 0 Å². The van der Waals surface area contributed by atoms with Gasteiger partial charge in [0.2, 0.25) is 0 Å². The van der Waals surface area contributed by atoms with Gasteiger partial charge in [0.15, 0.2) is 0 Å². The van der Waals surface area contributed by atoms with E-state index in [0.717, 1.165) is 37.1 Å². The number of methoxy groups -OCH3 is 1. The zero-order chi connectivity index (χ0) is 16.5. The number of rotatable bonds is 9. The molecule has 0 aliphatic carbocycles. The number of allylic oxidation sites excluding steroid dienone is 2. The molecule has 2 aromatic rings. The molecule has 23 heavy (non-hydrogen) atoms. The molecule has 0 amide bonds. The molecular formula is C20H26N2O. The number of hydrogen-bond donors (Lipinski definition) is 1. The highest BCUT2D eigenvalue weighted by Crippen LogP contribution is 2.23. The zero-order valence-corrected chi connectivity index (χ0v) is 14.1. The third kappa shape index (κ3) is 4.93. The Labute approximate surface area is 139 Å². The van der Waals surface area contributed by atoms with Gasteiger partial charge in [-0.2, -0.15) is 0 Å². The molecule has 0 fully saturated rings. The van der Waals surface area contributed by atoms with Crippen LogP contribution in [0.5, 0.6) is 5.75 Å². The van der Waals surface area contributed by atoms with E-state index in [1.54, 1.807) is 7.11 Å². The van der Waals surface area contributed by atoms with Gasteiger partial charge in [-0.05, 0) is 55.6 Å². The molecule has 0 bridgehead atoms. The summed E-state index contributed by atoms with van der Waals surface area (Å²) in [5.74, 6) is 0.877. The summed E-state index contributed by atoms with van der Waals surface area (Å²) < 4.78 is 5.35. The normalized spacial score (nSPS) is 12.6. The van der Waals surface area contributed by atoms with Crippen LogP contribution in [0.1, 0.15) is 25.3 Å². The van der Waals surface area contributed by atoms with Gasteiger partial charge in [0.1, 0.15) is 5.75 Å². The Hall–Kier alpha value is -2.13. The lowest BCUT2D eigenvalue weighted by molar-refractivity contribution is 0.415. The number of pyridine rings is 1. The highest BCUT2D eigenvalue weighted by Gasteiger charge is 2.10. The molecule has 0 aliphatic rings. The first kappa shape index (κ1) is 17.2. The Bertz CT molecular complexity index is 664. The minimum absolute atomic E-state index is 0.462. The largest absolute Gasteiger partial charge is 0.497 e. The Morgan fingerprint density at radius 1 is 1.35 bits per heavy atom. The van der Waals surface area contributed by atoms with Gasteiger partial charge in [0, 0.05) is 17.6 Å². The minimum Gasteiger partial charge on any atom is -0.497 e. The zero-order valence-electron chi connectivity index (χ0n) is 14.1. The van der Waals surface area contributed by atoms with Crippen LogP contribution in [0.25, 0.3) is 10.9 Å². The molecule has 1 heterocycles. The second-order valence-electron chi connectivity index (χ2n) is 5.57. The van der Waals surface area contributed by atoms with E-state index in [4.69, 9.17) is 4.74 Å². The van der Waals surface area contributed by atoms with Crippen LogP contribution < -0.4 is 10.1 Å². The maximum Gasteiger partial charge on any atom is 0.119 e. The second kappa shape index (κ2) is 9.11. The smallest absolute Gasteiger partial charge is 0.119 e. The van der Waals surface area contributed by atoms with Crippen molar-refractivity contribution in [3.8, 4) is 5.75 Å². The van der Waals surface area contributed by atoms with Gasteiger partial charge in [0.05, 0.1) is 12.6 Å². The van der Waals surface area contributed by atoms with Crippen LogP contribution in [0.2, 0.25) is 0 Å². The van der Waals surface area contributed by atoms with Crippen molar-refractivity contribution >= 4 is 10.9 Å². The SMILES string of the molecule is C=C/C=C/CCNC(CC)Cc1ccnc2ccc(OC)cc12. The quantitative estimate of drug-likeness (QED) is 0.554. The van der Waals surface area contributed by atoms with Gasteiger partial charge in [-0.1, -0.05) is 31.7 Å². The Balaban J connectivity index is 2.09. The number of aromatic nitrogens is 1. The number of fused-ring (bicyclic) bond motifs is 1. The van der Waals surface area contributed by atoms with Gasteiger partial charge in [-0.3, -0.25) is 4.98 Å². The van der Waals surface area contributed by atoms with Crippen molar-refractivity contribution in [1.29, 1.82) is 0 Å². The van der Waals surface area contributed by atoms with E-state index < -0.39 is 0 Å². The van der Waals surface area contributed by atoms with Crippen molar-refractivity contribution in [3.05, 3.63) is 60.8 Å². The number of nitrogens with zero attached hydrogens (tertiary/aromatic N) is 1. The summed E-state index contributed by atoms with van der Waals surface area (Å²) in [5.41, 5.74) is 2.34. The maximum atomic E-state index is 5.35. The molecule has 0 aliphatic heterocycles. The highest BCUT2D eigenvalue weighted by molar-refractivity contribution is 5.83. The molecule has 1 aromatic carbocycles. The first-order valence-corrected chi connectivity index (χ1v) is 8.21. The van der Waals surface area contributed by atoms with E-state index >= 15 is 0 Å². The van der Waals surface area contributed by atoms with Crippen molar-refractivity contribution in [2.75, 3.05) is 13.7 Å². The molecular weight excluding hydrogens is 284 g/mol. The predicted molar refractivity (Wildman–Crippen MR) is 98.0 cm³/mol. The van der Waals surface area contributed by atoms with Crippen LogP contribution in [0.4, 0.5) is 0 Å². The summed E-state index contributed by atoms with van der Waals surface area (Å²) >= 11 is 0. The monoisotopic (exact) mass is 310 g/mol. The summed E-state index contributed by atoms with van der Waals surface area (Å²) in [4.78, 5) is 4.45. The van der Waals surface area contributed by atoms with E-state index in [0.29, 0.717) is 6.04 Å². The van der Waals surface area contributed by atoms with Gasteiger partial charge in [-0.15, -0.1) is 0 Å². The second-order valence-corrected chi connectivity index (χ2v) is 5.57. The first-order valence-electron chi connectivity index (χ1n) is 8.21. The molecule has 2 rings (SSSR count). The lowest BCUT2D eigenvalue weighted by Crippen LogP contribution is -2.31. The van der Waals surface area contributed by atoms with E-state index in [9.17, 15) is 0 Å². The third-order valence-corrected chi connectivity index (χ3v) is 4.01. The lowest BCUT2D eigenvalue weighted by Gasteiger charge is -2.18. The van der Waals surface area contributed by atoms with E-state index in [2.05, 4.69) is 42.0 Å². The average Bonchev–Trinajstić information content (AvgIpc) is 2.60. The maximum absolute atomic E-state index is 5.35. The van der Waals surface area contributed by atoms with Gasteiger partial charge >= 0.3 is 0 Å². The van der Waals surface area contributed by atoms with E-state index in [-0.39, 0.29) is 0 Å². The van der Waals surface area contributed by atoms with E-state index in [1.165, 1.54) is 10.9 Å². The van der Waals surface area contributed by atoms with Gasteiger partial charge in [0.25, 0.3) is 0 Å². The summed E-state index contributed by atoms with van der Waals surface area (Å²) in [7, 11) is 1.70. The summed E-state index contributed by atoms with van der Waals surface area (Å²) in [6.45, 7) is 6.89. The molecule has 3 nitrogen and oxygen atoms in total. The van der Waals surface area contributed by atoms with Crippen LogP contribution in [0.15, 0.2) is 55.3 Å². The van der Waals surface area contributed by atoms with Crippen LogP contribution in [-0.2, 0) is 6.42 Å². The highest BCUT2D eigenvalue weighted by atomic mass is 16.5. The van der Waals surface area contributed by atoms with Crippen LogP contribution in [-0.4, -0.2) is 24.7 Å². The molecule has 1 aromatic heterocycles. The topological polar surface area (TPSA) is 34.2 Å². The fourth-order valence-electron chi connectivity index (χ4n) is 2.68. The standard InChI is InChI=1S/C20H26N2O/c1-4-6-7-8-12-21-17(5-2)14-16-11-13-22-20-10-9-18(23-3)15-19(16)20/h4,6-7,9-11,13,15,17,21H,1,5,8,12,14H2,2-3H3/b7-6+. The van der Waals surface area contributed by atoms with Crippen molar-refractivity contribution in [2.24, 2.45) is 0 Å². The van der Waals surface area contributed by atoms with Crippen LogP contribution >= 0.6 is 0 Å². The van der Waals surface area contributed by atoms with Crippen LogP contribution in [0, 0.1) is 0 Å². The summed E-state index contributed by atoms with van der Waals surface area (Å²) in [6.07, 6.45) is 10.9. The van der Waals surface area contributed by atoms with Crippen molar-refractivity contribution < 1.29 is 4.74 Å². The molecule has 3 heteroatoms. The number of nitrogens with one attached hydrogen (secondary N) is 1. The summed E-state index contributed by atoms with van der Waals surface area (Å²) in [5, 5.41) is 4.81. The Morgan fingerprint density at radius 2 is 2.22 bits per heavy atom. The van der Waals surface area contributed by atoms with Crippen molar-refractivity contribution in [2.45, 2.75) is 32.2 Å². The fourth-order valence-corrected chi connectivity index (χ4v) is 2.68. The van der Waals surface area contributed by atoms with Gasteiger partial charge in [-0.25, -0.2) is 0 Å². The minimum atomic E-state index is 0.462. The lowest BCUT2D eigenvalue weighted by atomic mass is 10.00. The molecule has 0 radical (unpaired) electrons. The molecule has 0 saturated carbocycles. The number of ether oxygens (including phenoxy) is 1. The van der Waals surface area contributed by atoms with Crippen molar-refractivity contribution in [3.63, 3.8) is 0 Å². The average molecular weight is 310 g/mol. The Kier molecular flexibility index (Phi) is 6.82. The molecule has 0 spiro atoms. The first-order chi connectivity index (χ1) is 11.3. The van der Waals surface area contributed by atoms with E-state index in [1.807, 2.05) is 30.5 Å². The molecule has 1 N–H and O–H groups in total. The Morgan fingerprint density at radius 3 is 2.96 bits per heavy atom. The van der Waals surface area contributed by atoms with Crippen molar-refractivity contribution in [1.82, 2.24) is 10.3 Å². The third-order valence-electron chi connectivity index (χ3n) is 4.01. The number of hydrogen-bond acceptors (Lipinski definition) is 3. The predicted octanol–water partition coefficient (Wildman–Crippen LogP) is 4.29. The fraction of sp³-hybridized carbons (Fsp3) is 0.350. The molecule has 1 unspecified atom stereocenters. The molecule has 122 valence electrons. The molecule has 0 saturated heterocycles. The van der Waals surface area contributed by atoms with Gasteiger partial charge < -0.3 is 10.1 Å². The number of benzene rings is 1. The summed E-state index contributed by atoms with van der Waals surface area (Å²) in [6, 6.07) is 8.64. The molecule has 1 atom stereocenters.